The predicted molar refractivity (Wildman–Crippen MR) is 91.9 cm³/mol. The Morgan fingerprint density at radius 2 is 1.76 bits per heavy atom. The van der Waals surface area contributed by atoms with Gasteiger partial charge >= 0.3 is 0 Å². The van der Waals surface area contributed by atoms with Gasteiger partial charge in [0.2, 0.25) is 0 Å². The number of nitrogens with zero attached hydrogens (tertiary/aromatic N) is 1. The minimum Gasteiger partial charge on any atom is -0.379 e. The summed E-state index contributed by atoms with van der Waals surface area (Å²) in [5.41, 5.74) is 0.269. The van der Waals surface area contributed by atoms with Gasteiger partial charge in [0.1, 0.15) is 0 Å². The van der Waals surface area contributed by atoms with Gasteiger partial charge in [-0.05, 0) is 32.7 Å². The topological polar surface area (TPSA) is 24.5 Å². The van der Waals surface area contributed by atoms with E-state index in [9.17, 15) is 0 Å². The first-order chi connectivity index (χ1) is 10.2. The van der Waals surface area contributed by atoms with Crippen LogP contribution in [0.2, 0.25) is 0 Å². The predicted octanol–water partition coefficient (Wildman–Crippen LogP) is 3.83. The molecule has 0 aliphatic carbocycles. The third-order valence-electron chi connectivity index (χ3n) is 5.19. The SMILES string of the molecule is CCCCCCC(NCCC)C(C)(CC)N1CCOCC1. The van der Waals surface area contributed by atoms with Gasteiger partial charge in [0.05, 0.1) is 13.2 Å². The molecule has 0 amide bonds. The zero-order valence-electron chi connectivity index (χ0n) is 14.9. The molecule has 3 heteroatoms. The molecular weight excluding hydrogens is 260 g/mol. The largest absolute Gasteiger partial charge is 0.379 e. The smallest absolute Gasteiger partial charge is 0.0594 e. The second-order valence-corrected chi connectivity index (χ2v) is 6.67. The third kappa shape index (κ3) is 5.88. The van der Waals surface area contributed by atoms with Gasteiger partial charge in [-0.2, -0.15) is 0 Å². The quantitative estimate of drug-likeness (QED) is 0.587. The molecule has 1 saturated heterocycles. The molecule has 0 radical (unpaired) electrons. The molecule has 1 fully saturated rings. The molecule has 126 valence electrons. The minimum absolute atomic E-state index is 0.269. The summed E-state index contributed by atoms with van der Waals surface area (Å²) in [6, 6.07) is 0.609. The Hall–Kier alpha value is -0.120. The van der Waals surface area contributed by atoms with Crippen molar-refractivity contribution >= 4 is 0 Å². The number of hydrogen-bond donors (Lipinski definition) is 1. The molecule has 1 rings (SSSR count). The van der Waals surface area contributed by atoms with Crippen molar-refractivity contribution in [3.63, 3.8) is 0 Å². The van der Waals surface area contributed by atoms with Crippen LogP contribution in [0, 0.1) is 0 Å². The van der Waals surface area contributed by atoms with Crippen molar-refractivity contribution in [3.8, 4) is 0 Å². The standard InChI is InChI=1S/C18H38N2O/c1-5-8-9-10-11-17(19-12-6-2)18(4,7-3)20-13-15-21-16-14-20/h17,19H,5-16H2,1-4H3. The average Bonchev–Trinajstić information content (AvgIpc) is 2.54. The molecule has 1 heterocycles. The van der Waals surface area contributed by atoms with Gasteiger partial charge in [0.15, 0.2) is 0 Å². The summed E-state index contributed by atoms with van der Waals surface area (Å²) in [5, 5.41) is 3.85. The Labute approximate surface area is 132 Å². The Balaban J connectivity index is 2.64. The Morgan fingerprint density at radius 1 is 1.05 bits per heavy atom. The Morgan fingerprint density at radius 3 is 2.33 bits per heavy atom. The van der Waals surface area contributed by atoms with Crippen LogP contribution in [0.1, 0.15) is 72.6 Å². The summed E-state index contributed by atoms with van der Waals surface area (Å²) in [6.07, 6.45) is 9.17. The van der Waals surface area contributed by atoms with Crippen molar-refractivity contribution in [3.05, 3.63) is 0 Å². The van der Waals surface area contributed by atoms with E-state index in [2.05, 4.69) is 37.9 Å². The van der Waals surface area contributed by atoms with Gasteiger partial charge in [-0.1, -0.05) is 46.5 Å². The fourth-order valence-corrected chi connectivity index (χ4v) is 3.49. The van der Waals surface area contributed by atoms with Gasteiger partial charge in [0, 0.05) is 24.7 Å². The van der Waals surface area contributed by atoms with Crippen LogP contribution in [0.15, 0.2) is 0 Å². The lowest BCUT2D eigenvalue weighted by Gasteiger charge is -2.48. The van der Waals surface area contributed by atoms with Crippen LogP contribution in [-0.4, -0.2) is 49.3 Å². The Bertz CT molecular complexity index is 254. The van der Waals surface area contributed by atoms with Crippen LogP contribution in [0.3, 0.4) is 0 Å². The van der Waals surface area contributed by atoms with Gasteiger partial charge < -0.3 is 10.1 Å². The van der Waals surface area contributed by atoms with Gasteiger partial charge in [-0.15, -0.1) is 0 Å². The molecule has 2 atom stereocenters. The normalized spacial score (nSPS) is 21.1. The van der Waals surface area contributed by atoms with Crippen LogP contribution >= 0.6 is 0 Å². The first-order valence-electron chi connectivity index (χ1n) is 9.25. The van der Waals surface area contributed by atoms with Crippen LogP contribution < -0.4 is 5.32 Å². The highest BCUT2D eigenvalue weighted by Gasteiger charge is 2.38. The highest BCUT2D eigenvalue weighted by molar-refractivity contribution is 4.97. The van der Waals surface area contributed by atoms with E-state index in [1.54, 1.807) is 0 Å². The van der Waals surface area contributed by atoms with E-state index in [4.69, 9.17) is 4.74 Å². The van der Waals surface area contributed by atoms with E-state index in [-0.39, 0.29) is 5.54 Å². The monoisotopic (exact) mass is 298 g/mol. The molecule has 0 aromatic rings. The summed E-state index contributed by atoms with van der Waals surface area (Å²) in [7, 11) is 0. The molecule has 1 aliphatic rings. The Kier molecular flexibility index (Phi) is 9.54. The molecule has 0 bridgehead atoms. The summed E-state index contributed by atoms with van der Waals surface area (Å²) >= 11 is 0. The van der Waals surface area contributed by atoms with Crippen molar-refractivity contribution in [1.29, 1.82) is 0 Å². The first kappa shape index (κ1) is 18.9. The van der Waals surface area contributed by atoms with Crippen molar-refractivity contribution < 1.29 is 4.74 Å². The van der Waals surface area contributed by atoms with E-state index in [1.807, 2.05) is 0 Å². The molecule has 3 nitrogen and oxygen atoms in total. The summed E-state index contributed by atoms with van der Waals surface area (Å²) in [4.78, 5) is 2.67. The maximum atomic E-state index is 5.55. The number of morpholine rings is 1. The summed E-state index contributed by atoms with van der Waals surface area (Å²) < 4.78 is 5.55. The molecule has 0 aromatic carbocycles. The van der Waals surface area contributed by atoms with Gasteiger partial charge in [-0.3, -0.25) is 4.90 Å². The average molecular weight is 299 g/mol. The lowest BCUT2D eigenvalue weighted by atomic mass is 9.83. The number of hydrogen-bond acceptors (Lipinski definition) is 3. The summed E-state index contributed by atoms with van der Waals surface area (Å²) in [5.74, 6) is 0. The van der Waals surface area contributed by atoms with Crippen molar-refractivity contribution in [2.45, 2.75) is 84.2 Å². The van der Waals surface area contributed by atoms with Crippen LogP contribution in [-0.2, 0) is 4.74 Å². The van der Waals surface area contributed by atoms with Gasteiger partial charge in [-0.25, -0.2) is 0 Å². The highest BCUT2D eigenvalue weighted by atomic mass is 16.5. The van der Waals surface area contributed by atoms with E-state index < -0.39 is 0 Å². The number of unbranched alkanes of at least 4 members (excludes halogenated alkanes) is 3. The van der Waals surface area contributed by atoms with Crippen molar-refractivity contribution in [1.82, 2.24) is 10.2 Å². The van der Waals surface area contributed by atoms with Crippen molar-refractivity contribution in [2.75, 3.05) is 32.8 Å². The lowest BCUT2D eigenvalue weighted by Crippen LogP contribution is -2.61. The number of rotatable bonds is 11. The number of nitrogens with one attached hydrogen (secondary N) is 1. The van der Waals surface area contributed by atoms with Crippen LogP contribution in [0.25, 0.3) is 0 Å². The van der Waals surface area contributed by atoms with E-state index in [0.717, 1.165) is 32.8 Å². The molecule has 0 saturated carbocycles. The van der Waals surface area contributed by atoms with Gasteiger partial charge in [0.25, 0.3) is 0 Å². The maximum Gasteiger partial charge on any atom is 0.0594 e. The molecular formula is C18H38N2O. The third-order valence-corrected chi connectivity index (χ3v) is 5.19. The zero-order chi connectivity index (χ0) is 15.6. The second kappa shape index (κ2) is 10.6. The fourth-order valence-electron chi connectivity index (χ4n) is 3.49. The molecule has 2 unspecified atom stereocenters. The summed E-state index contributed by atoms with van der Waals surface area (Å²) in [6.45, 7) is 14.5. The minimum atomic E-state index is 0.269. The first-order valence-corrected chi connectivity index (χ1v) is 9.25. The highest BCUT2D eigenvalue weighted by Crippen LogP contribution is 2.28. The fraction of sp³-hybridized carbons (Fsp3) is 1.00. The van der Waals surface area contributed by atoms with Crippen LogP contribution in [0.4, 0.5) is 0 Å². The number of ether oxygens (including phenoxy) is 1. The maximum absolute atomic E-state index is 5.55. The zero-order valence-corrected chi connectivity index (χ0v) is 14.9. The lowest BCUT2D eigenvalue weighted by molar-refractivity contribution is -0.0336. The molecule has 21 heavy (non-hydrogen) atoms. The van der Waals surface area contributed by atoms with E-state index in [0.29, 0.717) is 6.04 Å². The molecule has 1 N–H and O–H groups in total. The second-order valence-electron chi connectivity index (χ2n) is 6.67. The van der Waals surface area contributed by atoms with E-state index >= 15 is 0 Å². The molecule has 0 aromatic heterocycles. The molecule has 0 spiro atoms. The van der Waals surface area contributed by atoms with E-state index in [1.165, 1.54) is 44.9 Å². The van der Waals surface area contributed by atoms with Crippen molar-refractivity contribution in [2.24, 2.45) is 0 Å². The molecule has 1 aliphatic heterocycles. The van der Waals surface area contributed by atoms with Crippen LogP contribution in [0.5, 0.6) is 0 Å².